The summed E-state index contributed by atoms with van der Waals surface area (Å²) < 4.78 is 18.6. The van der Waals surface area contributed by atoms with Crippen molar-refractivity contribution in [2.24, 2.45) is 0 Å². The summed E-state index contributed by atoms with van der Waals surface area (Å²) in [5.74, 6) is -1.87. The van der Waals surface area contributed by atoms with Crippen LogP contribution >= 0.6 is 15.9 Å². The number of non-ortho nitro benzene ring substituents is 1. The Labute approximate surface area is 126 Å². The number of benzene rings is 2. The molecule has 21 heavy (non-hydrogen) atoms. The van der Waals surface area contributed by atoms with Crippen LogP contribution in [0, 0.1) is 15.9 Å². The Morgan fingerprint density at radius 1 is 1.24 bits per heavy atom. The van der Waals surface area contributed by atoms with Gasteiger partial charge in [-0.15, -0.1) is 0 Å². The van der Waals surface area contributed by atoms with Crippen LogP contribution in [0.25, 0.3) is 0 Å². The zero-order chi connectivity index (χ0) is 15.6. The molecule has 108 valence electrons. The molecule has 0 heterocycles. The van der Waals surface area contributed by atoms with E-state index in [-0.39, 0.29) is 27.2 Å². The molecular formula is C13H7BrFNO5. The summed E-state index contributed by atoms with van der Waals surface area (Å²) >= 11 is 3.07. The highest BCUT2D eigenvalue weighted by atomic mass is 79.9. The van der Waals surface area contributed by atoms with Crippen molar-refractivity contribution in [2.45, 2.75) is 0 Å². The van der Waals surface area contributed by atoms with Crippen LogP contribution < -0.4 is 4.74 Å². The third-order valence-corrected chi connectivity index (χ3v) is 3.14. The molecule has 0 radical (unpaired) electrons. The summed E-state index contributed by atoms with van der Waals surface area (Å²) in [6.45, 7) is 0. The first-order chi connectivity index (χ1) is 9.88. The summed E-state index contributed by atoms with van der Waals surface area (Å²) in [4.78, 5) is 21.2. The first-order valence-electron chi connectivity index (χ1n) is 5.53. The Morgan fingerprint density at radius 2 is 1.95 bits per heavy atom. The average molecular weight is 356 g/mol. The van der Waals surface area contributed by atoms with E-state index in [1.165, 1.54) is 6.07 Å². The monoisotopic (exact) mass is 355 g/mol. The van der Waals surface area contributed by atoms with Gasteiger partial charge in [-0.2, -0.15) is 0 Å². The van der Waals surface area contributed by atoms with Crippen LogP contribution in [0.4, 0.5) is 10.1 Å². The lowest BCUT2D eigenvalue weighted by molar-refractivity contribution is -0.384. The molecule has 1 N–H and O–H groups in total. The van der Waals surface area contributed by atoms with E-state index in [4.69, 9.17) is 9.84 Å². The normalized spacial score (nSPS) is 10.2. The van der Waals surface area contributed by atoms with Gasteiger partial charge in [-0.1, -0.05) is 0 Å². The van der Waals surface area contributed by atoms with Gasteiger partial charge in [0.25, 0.3) is 5.69 Å². The number of rotatable bonds is 4. The molecular weight excluding hydrogens is 349 g/mol. The van der Waals surface area contributed by atoms with Crippen molar-refractivity contribution >= 4 is 27.6 Å². The van der Waals surface area contributed by atoms with Crippen LogP contribution in [0.1, 0.15) is 10.4 Å². The minimum Gasteiger partial charge on any atom is -0.478 e. The number of carboxylic acid groups (broad SMARTS) is 1. The van der Waals surface area contributed by atoms with Crippen LogP contribution in [0.5, 0.6) is 11.5 Å². The summed E-state index contributed by atoms with van der Waals surface area (Å²) in [6.07, 6.45) is 0. The molecule has 2 aromatic carbocycles. The lowest BCUT2D eigenvalue weighted by Gasteiger charge is -2.10. The zero-order valence-corrected chi connectivity index (χ0v) is 11.8. The van der Waals surface area contributed by atoms with Crippen molar-refractivity contribution in [1.29, 1.82) is 0 Å². The van der Waals surface area contributed by atoms with Crippen LogP contribution in [-0.2, 0) is 0 Å². The summed E-state index contributed by atoms with van der Waals surface area (Å²) in [7, 11) is 0. The maximum absolute atomic E-state index is 13.0. The second-order valence-electron chi connectivity index (χ2n) is 3.92. The fourth-order valence-corrected chi connectivity index (χ4v) is 1.99. The van der Waals surface area contributed by atoms with Crippen molar-refractivity contribution < 1.29 is 24.0 Å². The van der Waals surface area contributed by atoms with Gasteiger partial charge in [0.15, 0.2) is 0 Å². The predicted octanol–water partition coefficient (Wildman–Crippen LogP) is 3.99. The summed E-state index contributed by atoms with van der Waals surface area (Å²) in [5, 5.41) is 19.8. The van der Waals surface area contributed by atoms with E-state index in [9.17, 15) is 19.3 Å². The van der Waals surface area contributed by atoms with Crippen molar-refractivity contribution in [3.8, 4) is 11.5 Å². The third kappa shape index (κ3) is 3.34. The van der Waals surface area contributed by atoms with Gasteiger partial charge in [0.05, 0.1) is 15.5 Å². The van der Waals surface area contributed by atoms with Gasteiger partial charge in [0.1, 0.15) is 22.9 Å². The Kier molecular flexibility index (Phi) is 4.18. The Morgan fingerprint density at radius 3 is 2.52 bits per heavy atom. The number of hydrogen-bond acceptors (Lipinski definition) is 4. The van der Waals surface area contributed by atoms with E-state index in [0.29, 0.717) is 0 Å². The topological polar surface area (TPSA) is 89.7 Å². The molecule has 0 aromatic heterocycles. The molecule has 0 saturated carbocycles. The molecule has 0 unspecified atom stereocenters. The van der Waals surface area contributed by atoms with Crippen LogP contribution in [0.2, 0.25) is 0 Å². The number of halogens is 2. The highest BCUT2D eigenvalue weighted by molar-refractivity contribution is 9.10. The smallest absolute Gasteiger partial charge is 0.339 e. The number of nitrogens with zero attached hydrogens (tertiary/aromatic N) is 1. The van der Waals surface area contributed by atoms with Gasteiger partial charge in [-0.25, -0.2) is 9.18 Å². The Balaban J connectivity index is 2.48. The quantitative estimate of drug-likeness (QED) is 0.661. The second kappa shape index (κ2) is 5.88. The fraction of sp³-hybridized carbons (Fsp3) is 0. The zero-order valence-electron chi connectivity index (χ0n) is 10.2. The standard InChI is InChI=1S/C13H7BrFNO5/c14-10-5-7(15)1-4-11(10)21-12-6-8(16(19)20)2-3-9(12)13(17)18/h1-6H,(H,17,18). The molecule has 0 aliphatic heterocycles. The largest absolute Gasteiger partial charge is 0.478 e. The van der Waals surface area contributed by atoms with Crippen LogP contribution in [0.3, 0.4) is 0 Å². The SMILES string of the molecule is O=C(O)c1ccc([N+](=O)[O-])cc1Oc1ccc(F)cc1Br. The Bertz CT molecular complexity index is 734. The van der Waals surface area contributed by atoms with Crippen LogP contribution in [-0.4, -0.2) is 16.0 Å². The van der Waals surface area contributed by atoms with E-state index in [0.717, 1.165) is 30.3 Å². The molecule has 0 fully saturated rings. The summed E-state index contributed by atoms with van der Waals surface area (Å²) in [5.41, 5.74) is -0.551. The molecule has 0 spiro atoms. The van der Waals surface area contributed by atoms with Gasteiger partial charge in [0.2, 0.25) is 0 Å². The molecule has 8 heteroatoms. The average Bonchev–Trinajstić information content (AvgIpc) is 2.41. The highest BCUT2D eigenvalue weighted by Gasteiger charge is 2.18. The maximum atomic E-state index is 13.0. The molecule has 0 aliphatic rings. The third-order valence-electron chi connectivity index (χ3n) is 2.52. The van der Waals surface area contributed by atoms with E-state index in [2.05, 4.69) is 15.9 Å². The van der Waals surface area contributed by atoms with Gasteiger partial charge >= 0.3 is 5.97 Å². The van der Waals surface area contributed by atoms with Crippen molar-refractivity contribution in [1.82, 2.24) is 0 Å². The number of carbonyl (C=O) groups is 1. The number of ether oxygens (including phenoxy) is 1. The molecule has 0 atom stereocenters. The lowest BCUT2D eigenvalue weighted by Crippen LogP contribution is -2.01. The molecule has 0 bridgehead atoms. The number of hydrogen-bond donors (Lipinski definition) is 1. The highest BCUT2D eigenvalue weighted by Crippen LogP contribution is 2.34. The van der Waals surface area contributed by atoms with Gasteiger partial charge in [-0.3, -0.25) is 10.1 Å². The summed E-state index contributed by atoms with van der Waals surface area (Å²) in [6, 6.07) is 6.68. The number of carboxylic acids is 1. The minimum atomic E-state index is -1.29. The number of nitro groups is 1. The maximum Gasteiger partial charge on any atom is 0.339 e. The van der Waals surface area contributed by atoms with Gasteiger partial charge < -0.3 is 9.84 Å². The van der Waals surface area contributed by atoms with E-state index in [1.807, 2.05) is 0 Å². The number of nitro benzene ring substituents is 1. The molecule has 0 saturated heterocycles. The van der Waals surface area contributed by atoms with Gasteiger partial charge in [0, 0.05) is 6.07 Å². The van der Waals surface area contributed by atoms with Crippen molar-refractivity contribution in [3.63, 3.8) is 0 Å². The van der Waals surface area contributed by atoms with E-state index in [1.54, 1.807) is 0 Å². The minimum absolute atomic E-state index is 0.138. The number of aromatic carboxylic acids is 1. The first kappa shape index (κ1) is 14.9. The Hall–Kier alpha value is -2.48. The van der Waals surface area contributed by atoms with E-state index < -0.39 is 16.7 Å². The van der Waals surface area contributed by atoms with Crippen molar-refractivity contribution in [2.75, 3.05) is 0 Å². The fourth-order valence-electron chi connectivity index (χ4n) is 1.56. The van der Waals surface area contributed by atoms with Crippen LogP contribution in [0.15, 0.2) is 40.9 Å². The van der Waals surface area contributed by atoms with E-state index >= 15 is 0 Å². The lowest BCUT2D eigenvalue weighted by atomic mass is 10.2. The second-order valence-corrected chi connectivity index (χ2v) is 4.77. The first-order valence-corrected chi connectivity index (χ1v) is 6.32. The molecule has 0 aliphatic carbocycles. The predicted molar refractivity (Wildman–Crippen MR) is 74.2 cm³/mol. The molecule has 0 amide bonds. The molecule has 2 aromatic rings. The molecule has 6 nitrogen and oxygen atoms in total. The van der Waals surface area contributed by atoms with Crippen molar-refractivity contribution in [3.05, 3.63) is 62.4 Å². The molecule has 2 rings (SSSR count). The van der Waals surface area contributed by atoms with Gasteiger partial charge in [-0.05, 0) is 40.2 Å².